The van der Waals surface area contributed by atoms with E-state index in [9.17, 15) is 14.0 Å². The summed E-state index contributed by atoms with van der Waals surface area (Å²) in [5.74, 6) is -0.568. The van der Waals surface area contributed by atoms with Gasteiger partial charge in [0.05, 0.1) is 5.02 Å². The highest BCUT2D eigenvalue weighted by molar-refractivity contribution is 6.32. The Bertz CT molecular complexity index is 829. The maximum atomic E-state index is 13.2. The van der Waals surface area contributed by atoms with Crippen LogP contribution in [0.4, 0.5) is 4.39 Å². The number of amides is 2. The number of para-hydroxylation sites is 1. The van der Waals surface area contributed by atoms with Crippen molar-refractivity contribution in [3.8, 4) is 5.75 Å². The first kappa shape index (κ1) is 23.7. The van der Waals surface area contributed by atoms with Crippen molar-refractivity contribution in [1.82, 2.24) is 10.2 Å². The minimum absolute atomic E-state index is 0.161. The van der Waals surface area contributed by atoms with Gasteiger partial charge in [0, 0.05) is 13.1 Å². The summed E-state index contributed by atoms with van der Waals surface area (Å²) in [4.78, 5) is 27.0. The summed E-state index contributed by atoms with van der Waals surface area (Å²) < 4.78 is 18.8. The predicted molar refractivity (Wildman–Crippen MR) is 116 cm³/mol. The first-order valence-corrected chi connectivity index (χ1v) is 10.5. The van der Waals surface area contributed by atoms with Crippen LogP contribution in [0.1, 0.15) is 38.7 Å². The summed E-state index contributed by atoms with van der Waals surface area (Å²) in [6, 6.07) is 12.0. The quantitative estimate of drug-likeness (QED) is 0.526. The lowest BCUT2D eigenvalue weighted by atomic mass is 10.1. The van der Waals surface area contributed by atoms with E-state index in [0.717, 1.165) is 19.3 Å². The zero-order valence-corrected chi connectivity index (χ0v) is 18.1. The number of nitrogens with one attached hydrogen (secondary N) is 1. The van der Waals surface area contributed by atoms with Gasteiger partial charge < -0.3 is 15.0 Å². The van der Waals surface area contributed by atoms with E-state index in [1.54, 1.807) is 43.3 Å². The van der Waals surface area contributed by atoms with Crippen molar-refractivity contribution >= 4 is 23.4 Å². The Balaban J connectivity index is 2.08. The van der Waals surface area contributed by atoms with Gasteiger partial charge >= 0.3 is 0 Å². The maximum Gasteiger partial charge on any atom is 0.261 e. The molecule has 0 heterocycles. The van der Waals surface area contributed by atoms with Gasteiger partial charge in [-0.05, 0) is 43.2 Å². The Kier molecular flexibility index (Phi) is 9.61. The zero-order valence-electron chi connectivity index (χ0n) is 17.4. The summed E-state index contributed by atoms with van der Waals surface area (Å²) in [6.45, 7) is 4.22. The summed E-state index contributed by atoms with van der Waals surface area (Å²) in [5, 5.41) is 3.28. The molecule has 7 heteroatoms. The van der Waals surface area contributed by atoms with Crippen molar-refractivity contribution in [2.45, 2.75) is 45.7 Å². The molecule has 2 aromatic carbocycles. The van der Waals surface area contributed by atoms with Crippen molar-refractivity contribution < 1.29 is 18.7 Å². The largest absolute Gasteiger partial charge is 0.482 e. The van der Waals surface area contributed by atoms with E-state index in [2.05, 4.69) is 12.2 Å². The van der Waals surface area contributed by atoms with Crippen LogP contribution in [0.5, 0.6) is 5.75 Å². The number of halogens is 2. The lowest BCUT2D eigenvalue weighted by Crippen LogP contribution is -2.49. The molecule has 0 bridgehead atoms. The van der Waals surface area contributed by atoms with Crippen LogP contribution in [0.3, 0.4) is 0 Å². The lowest BCUT2D eigenvalue weighted by Gasteiger charge is -2.28. The zero-order chi connectivity index (χ0) is 21.9. The fourth-order valence-corrected chi connectivity index (χ4v) is 3.08. The molecule has 2 aromatic rings. The van der Waals surface area contributed by atoms with E-state index < -0.39 is 6.04 Å². The summed E-state index contributed by atoms with van der Waals surface area (Å²) in [6.07, 6.45) is 2.97. The van der Waals surface area contributed by atoms with E-state index in [-0.39, 0.29) is 30.8 Å². The number of benzene rings is 2. The molecule has 0 saturated heterocycles. The number of carbonyl (C=O) groups is 2. The minimum Gasteiger partial charge on any atom is -0.482 e. The molecule has 1 unspecified atom stereocenters. The normalized spacial score (nSPS) is 11.6. The Hall–Kier alpha value is -2.60. The molecule has 0 aliphatic rings. The average molecular weight is 435 g/mol. The van der Waals surface area contributed by atoms with Crippen LogP contribution in [0.25, 0.3) is 0 Å². The van der Waals surface area contributed by atoms with Crippen molar-refractivity contribution in [3.05, 3.63) is 64.9 Å². The van der Waals surface area contributed by atoms with Crippen molar-refractivity contribution in [2.75, 3.05) is 13.2 Å². The molecule has 162 valence electrons. The molecule has 0 spiro atoms. The Morgan fingerprint density at radius 3 is 2.50 bits per heavy atom. The van der Waals surface area contributed by atoms with Crippen LogP contribution < -0.4 is 10.1 Å². The van der Waals surface area contributed by atoms with E-state index in [0.29, 0.717) is 22.9 Å². The molecule has 5 nitrogen and oxygen atoms in total. The third-order valence-electron chi connectivity index (χ3n) is 4.70. The highest BCUT2D eigenvalue weighted by atomic mass is 35.5. The molecule has 0 saturated carbocycles. The molecule has 2 rings (SSSR count). The van der Waals surface area contributed by atoms with Gasteiger partial charge in [0.15, 0.2) is 6.61 Å². The number of carbonyl (C=O) groups excluding carboxylic acids is 2. The van der Waals surface area contributed by atoms with E-state index in [1.165, 1.54) is 17.0 Å². The number of unbranched alkanes of at least 4 members (excludes halogenated alkanes) is 2. The van der Waals surface area contributed by atoms with Crippen LogP contribution in [-0.2, 0) is 16.1 Å². The fraction of sp³-hybridized carbons (Fsp3) is 0.391. The van der Waals surface area contributed by atoms with Gasteiger partial charge in [-0.3, -0.25) is 9.59 Å². The first-order valence-electron chi connectivity index (χ1n) is 10.1. The summed E-state index contributed by atoms with van der Waals surface area (Å²) >= 11 is 6.08. The van der Waals surface area contributed by atoms with Crippen LogP contribution in [0.15, 0.2) is 48.5 Å². The molecular weight excluding hydrogens is 407 g/mol. The van der Waals surface area contributed by atoms with Gasteiger partial charge in [0.1, 0.15) is 17.6 Å². The summed E-state index contributed by atoms with van der Waals surface area (Å²) in [5.41, 5.74) is 0.716. The Morgan fingerprint density at radius 1 is 1.13 bits per heavy atom. The van der Waals surface area contributed by atoms with Gasteiger partial charge in [-0.2, -0.15) is 0 Å². The monoisotopic (exact) mass is 434 g/mol. The molecule has 0 fully saturated rings. The molecular formula is C23H28ClFN2O3. The highest BCUT2D eigenvalue weighted by Crippen LogP contribution is 2.23. The van der Waals surface area contributed by atoms with Crippen molar-refractivity contribution in [1.29, 1.82) is 0 Å². The van der Waals surface area contributed by atoms with E-state index >= 15 is 0 Å². The first-order chi connectivity index (χ1) is 14.4. The van der Waals surface area contributed by atoms with E-state index in [1.807, 2.05) is 0 Å². The molecule has 30 heavy (non-hydrogen) atoms. The summed E-state index contributed by atoms with van der Waals surface area (Å²) in [7, 11) is 0. The third kappa shape index (κ3) is 7.34. The van der Waals surface area contributed by atoms with Gasteiger partial charge in [-0.1, -0.05) is 55.6 Å². The highest BCUT2D eigenvalue weighted by Gasteiger charge is 2.26. The molecule has 0 radical (unpaired) electrons. The Labute approximate surface area is 182 Å². The molecule has 0 aromatic heterocycles. The average Bonchev–Trinajstić information content (AvgIpc) is 2.75. The lowest BCUT2D eigenvalue weighted by molar-refractivity contribution is -0.142. The van der Waals surface area contributed by atoms with Gasteiger partial charge in [-0.25, -0.2) is 4.39 Å². The number of ether oxygens (including phenoxy) is 1. The maximum absolute atomic E-state index is 13.2. The third-order valence-corrected chi connectivity index (χ3v) is 5.01. The second-order valence-electron chi connectivity index (χ2n) is 7.04. The number of hydrogen-bond acceptors (Lipinski definition) is 3. The second kappa shape index (κ2) is 12.2. The van der Waals surface area contributed by atoms with Gasteiger partial charge in [0.25, 0.3) is 5.91 Å². The number of nitrogens with zero attached hydrogens (tertiary/aromatic N) is 1. The molecule has 1 N–H and O–H groups in total. The number of rotatable bonds is 11. The van der Waals surface area contributed by atoms with Crippen LogP contribution in [-0.4, -0.2) is 35.9 Å². The van der Waals surface area contributed by atoms with Crippen LogP contribution in [0.2, 0.25) is 5.02 Å². The minimum atomic E-state index is -0.709. The van der Waals surface area contributed by atoms with Gasteiger partial charge in [0.2, 0.25) is 5.91 Å². The molecule has 1 atom stereocenters. The van der Waals surface area contributed by atoms with E-state index in [4.69, 9.17) is 16.3 Å². The van der Waals surface area contributed by atoms with Crippen molar-refractivity contribution in [3.63, 3.8) is 0 Å². The predicted octanol–water partition coefficient (Wildman–Crippen LogP) is 4.58. The SMILES string of the molecule is CCCCCNC(=O)C(C)N(Cc1ccc(F)cc1)C(=O)COc1ccccc1Cl. The molecule has 2 amide bonds. The Morgan fingerprint density at radius 2 is 1.83 bits per heavy atom. The topological polar surface area (TPSA) is 58.6 Å². The standard InChI is InChI=1S/C23H28ClFN2O3/c1-3-4-7-14-26-23(29)17(2)27(15-18-10-12-19(25)13-11-18)22(28)16-30-21-9-6-5-8-20(21)24/h5-6,8-13,17H,3-4,7,14-16H2,1-2H3,(H,26,29). The smallest absolute Gasteiger partial charge is 0.261 e. The van der Waals surface area contributed by atoms with Crippen LogP contribution in [0, 0.1) is 5.82 Å². The molecule has 0 aliphatic heterocycles. The van der Waals surface area contributed by atoms with Crippen LogP contribution >= 0.6 is 11.6 Å². The van der Waals surface area contributed by atoms with Gasteiger partial charge in [-0.15, -0.1) is 0 Å². The van der Waals surface area contributed by atoms with Crippen molar-refractivity contribution in [2.24, 2.45) is 0 Å². The number of hydrogen-bond donors (Lipinski definition) is 1. The fourth-order valence-electron chi connectivity index (χ4n) is 2.89. The second-order valence-corrected chi connectivity index (χ2v) is 7.45. The molecule has 0 aliphatic carbocycles.